The Morgan fingerprint density at radius 2 is 2.10 bits per heavy atom. The normalized spacial score (nSPS) is 14.1. The van der Waals surface area contributed by atoms with Crippen LogP contribution in [0.25, 0.3) is 0 Å². The minimum atomic E-state index is -0.966. The molecule has 1 aromatic carbocycles. The van der Waals surface area contributed by atoms with Crippen LogP contribution < -0.4 is 9.64 Å². The van der Waals surface area contributed by atoms with E-state index in [1.165, 1.54) is 0 Å². The zero-order valence-electron chi connectivity index (χ0n) is 10.8. The minimum Gasteiger partial charge on any atom is -0.491 e. The summed E-state index contributed by atoms with van der Waals surface area (Å²) in [6, 6.07) is 11.0. The Labute approximate surface area is 116 Å². The Hall–Kier alpha value is -2.56. The zero-order chi connectivity index (χ0) is 13.9. The van der Waals surface area contributed by atoms with Crippen LogP contribution in [0.4, 0.5) is 5.82 Å². The molecule has 0 spiro atoms. The van der Waals surface area contributed by atoms with Gasteiger partial charge in [0.05, 0.1) is 6.54 Å². The lowest BCUT2D eigenvalue weighted by atomic mass is 10.1. The number of hydrogen-bond acceptors (Lipinski definition) is 4. The van der Waals surface area contributed by atoms with Crippen LogP contribution in [-0.4, -0.2) is 29.2 Å². The molecule has 1 aromatic heterocycles. The van der Waals surface area contributed by atoms with Crippen LogP contribution >= 0.6 is 0 Å². The Morgan fingerprint density at radius 1 is 1.25 bits per heavy atom. The van der Waals surface area contributed by atoms with Gasteiger partial charge < -0.3 is 14.7 Å². The largest absolute Gasteiger partial charge is 0.491 e. The molecule has 0 amide bonds. The maximum absolute atomic E-state index is 11.3. The van der Waals surface area contributed by atoms with E-state index in [2.05, 4.69) is 4.98 Å². The van der Waals surface area contributed by atoms with E-state index in [0.29, 0.717) is 25.5 Å². The van der Waals surface area contributed by atoms with Crippen LogP contribution in [-0.2, 0) is 6.54 Å². The van der Waals surface area contributed by atoms with E-state index in [-0.39, 0.29) is 5.56 Å². The molecule has 0 bridgehead atoms. The van der Waals surface area contributed by atoms with Crippen LogP contribution in [0.5, 0.6) is 5.75 Å². The third-order valence-corrected chi connectivity index (χ3v) is 3.27. The molecule has 0 radical (unpaired) electrons. The van der Waals surface area contributed by atoms with Crippen LogP contribution in [0.3, 0.4) is 0 Å². The van der Waals surface area contributed by atoms with E-state index >= 15 is 0 Å². The van der Waals surface area contributed by atoms with Gasteiger partial charge in [0, 0.05) is 18.3 Å². The van der Waals surface area contributed by atoms with Crippen LogP contribution in [0.1, 0.15) is 15.9 Å². The standard InChI is InChI=1S/C15H14N2O3/c18-15(19)12-5-3-7-16-14(12)17-8-9-20-13-6-2-1-4-11(13)10-17/h1-7H,8-10H2,(H,18,19). The lowest BCUT2D eigenvalue weighted by Crippen LogP contribution is -2.28. The van der Waals surface area contributed by atoms with E-state index in [0.717, 1.165) is 11.3 Å². The van der Waals surface area contributed by atoms with Gasteiger partial charge in [0.1, 0.15) is 23.7 Å². The Kier molecular flexibility index (Phi) is 3.25. The maximum atomic E-state index is 11.3. The summed E-state index contributed by atoms with van der Waals surface area (Å²) in [5.41, 5.74) is 1.25. The van der Waals surface area contributed by atoms with Crippen LogP contribution in [0, 0.1) is 0 Å². The molecular weight excluding hydrogens is 256 g/mol. The molecule has 20 heavy (non-hydrogen) atoms. The summed E-state index contributed by atoms with van der Waals surface area (Å²) in [5.74, 6) is 0.370. The number of nitrogens with zero attached hydrogens (tertiary/aromatic N) is 2. The molecule has 0 saturated carbocycles. The summed E-state index contributed by atoms with van der Waals surface area (Å²) in [4.78, 5) is 17.5. The Balaban J connectivity index is 1.98. The molecule has 0 atom stereocenters. The molecule has 2 aromatic rings. The number of carbonyl (C=O) groups is 1. The molecule has 0 fully saturated rings. The van der Waals surface area contributed by atoms with E-state index in [1.807, 2.05) is 29.2 Å². The Bertz CT molecular complexity index is 643. The first kappa shape index (κ1) is 12.5. The predicted octanol–water partition coefficient (Wildman–Crippen LogP) is 2.18. The fraction of sp³-hybridized carbons (Fsp3) is 0.200. The van der Waals surface area contributed by atoms with Gasteiger partial charge in [0.15, 0.2) is 0 Å². The number of fused-ring (bicyclic) bond motifs is 1. The Morgan fingerprint density at radius 3 is 2.95 bits per heavy atom. The van der Waals surface area contributed by atoms with Crippen molar-refractivity contribution in [1.82, 2.24) is 4.98 Å². The van der Waals surface area contributed by atoms with Gasteiger partial charge in [-0.15, -0.1) is 0 Å². The van der Waals surface area contributed by atoms with Crippen molar-refractivity contribution < 1.29 is 14.6 Å². The van der Waals surface area contributed by atoms with Crippen molar-refractivity contribution >= 4 is 11.8 Å². The monoisotopic (exact) mass is 270 g/mol. The second kappa shape index (κ2) is 5.21. The third-order valence-electron chi connectivity index (χ3n) is 3.27. The summed E-state index contributed by atoms with van der Waals surface area (Å²) in [6.07, 6.45) is 1.61. The topological polar surface area (TPSA) is 62.7 Å². The lowest BCUT2D eigenvalue weighted by molar-refractivity contribution is 0.0697. The summed E-state index contributed by atoms with van der Waals surface area (Å²) in [7, 11) is 0. The van der Waals surface area contributed by atoms with Gasteiger partial charge in [-0.25, -0.2) is 9.78 Å². The number of rotatable bonds is 2. The van der Waals surface area contributed by atoms with Gasteiger partial charge in [0.2, 0.25) is 0 Å². The second-order valence-corrected chi connectivity index (χ2v) is 4.56. The molecule has 1 aliphatic rings. The first-order chi connectivity index (χ1) is 9.75. The molecule has 0 aliphatic carbocycles. The number of hydrogen-bond donors (Lipinski definition) is 1. The van der Waals surface area contributed by atoms with E-state index in [4.69, 9.17) is 4.74 Å². The van der Waals surface area contributed by atoms with Gasteiger partial charge >= 0.3 is 5.97 Å². The highest BCUT2D eigenvalue weighted by atomic mass is 16.5. The maximum Gasteiger partial charge on any atom is 0.339 e. The summed E-state index contributed by atoms with van der Waals surface area (Å²) >= 11 is 0. The highest BCUT2D eigenvalue weighted by molar-refractivity contribution is 5.93. The zero-order valence-corrected chi connectivity index (χ0v) is 10.8. The first-order valence-corrected chi connectivity index (χ1v) is 6.39. The van der Waals surface area contributed by atoms with Crippen molar-refractivity contribution in [2.75, 3.05) is 18.1 Å². The van der Waals surface area contributed by atoms with Crippen molar-refractivity contribution in [2.45, 2.75) is 6.54 Å². The van der Waals surface area contributed by atoms with Gasteiger partial charge in [-0.05, 0) is 18.2 Å². The SMILES string of the molecule is O=C(O)c1cccnc1N1CCOc2ccccc2C1. The molecule has 0 unspecified atom stereocenters. The summed E-state index contributed by atoms with van der Waals surface area (Å²) in [6.45, 7) is 1.70. The van der Waals surface area contributed by atoms with Gasteiger partial charge in [-0.1, -0.05) is 18.2 Å². The quantitative estimate of drug-likeness (QED) is 0.906. The van der Waals surface area contributed by atoms with E-state index in [9.17, 15) is 9.90 Å². The van der Waals surface area contributed by atoms with E-state index < -0.39 is 5.97 Å². The van der Waals surface area contributed by atoms with E-state index in [1.54, 1.807) is 18.3 Å². The fourth-order valence-corrected chi connectivity index (χ4v) is 2.32. The average Bonchev–Trinajstić information content (AvgIpc) is 2.69. The smallest absolute Gasteiger partial charge is 0.339 e. The molecule has 5 nitrogen and oxygen atoms in total. The van der Waals surface area contributed by atoms with Crippen molar-refractivity contribution in [1.29, 1.82) is 0 Å². The third kappa shape index (κ3) is 2.30. The number of anilines is 1. The molecule has 102 valence electrons. The van der Waals surface area contributed by atoms with Crippen molar-refractivity contribution in [2.24, 2.45) is 0 Å². The lowest BCUT2D eigenvalue weighted by Gasteiger charge is -2.22. The van der Waals surface area contributed by atoms with Crippen LogP contribution in [0.15, 0.2) is 42.6 Å². The van der Waals surface area contributed by atoms with Gasteiger partial charge in [0.25, 0.3) is 0 Å². The van der Waals surface area contributed by atoms with Crippen molar-refractivity contribution in [3.8, 4) is 5.75 Å². The van der Waals surface area contributed by atoms with Gasteiger partial charge in [-0.3, -0.25) is 0 Å². The number of para-hydroxylation sites is 1. The first-order valence-electron chi connectivity index (χ1n) is 6.39. The number of aromatic carboxylic acids is 1. The summed E-state index contributed by atoms with van der Waals surface area (Å²) in [5, 5.41) is 9.26. The number of carboxylic acids is 1. The van der Waals surface area contributed by atoms with Crippen molar-refractivity contribution in [3.63, 3.8) is 0 Å². The fourth-order valence-electron chi connectivity index (χ4n) is 2.32. The molecule has 5 heteroatoms. The molecule has 3 rings (SSSR count). The molecule has 1 N–H and O–H groups in total. The number of carboxylic acid groups (broad SMARTS) is 1. The highest BCUT2D eigenvalue weighted by Gasteiger charge is 2.20. The molecule has 1 aliphatic heterocycles. The number of aromatic nitrogens is 1. The molecule has 0 saturated heterocycles. The highest BCUT2D eigenvalue weighted by Crippen LogP contribution is 2.26. The number of benzene rings is 1. The summed E-state index contributed by atoms with van der Waals surface area (Å²) < 4.78 is 5.68. The second-order valence-electron chi connectivity index (χ2n) is 4.56. The van der Waals surface area contributed by atoms with Gasteiger partial charge in [-0.2, -0.15) is 0 Å². The molecular formula is C15H14N2O3. The van der Waals surface area contributed by atoms with Crippen molar-refractivity contribution in [3.05, 3.63) is 53.7 Å². The van der Waals surface area contributed by atoms with Crippen LogP contribution in [0.2, 0.25) is 0 Å². The predicted molar refractivity (Wildman–Crippen MR) is 74.2 cm³/mol. The average molecular weight is 270 g/mol. The molecule has 2 heterocycles. The minimum absolute atomic E-state index is 0.215. The number of pyridine rings is 1. The number of ether oxygens (including phenoxy) is 1.